The number of carbonyl (C=O) groups excluding carboxylic acids is 1. The fourth-order valence-electron chi connectivity index (χ4n) is 1.96. The Bertz CT molecular complexity index is 490. The Hall–Kier alpha value is -1.78. The highest BCUT2D eigenvalue weighted by atomic mass is 16.6. The molecule has 5 heteroatoms. The first-order chi connectivity index (χ1) is 9.33. The highest BCUT2D eigenvalue weighted by Crippen LogP contribution is 2.25. The van der Waals surface area contributed by atoms with Crippen molar-refractivity contribution in [2.24, 2.45) is 0 Å². The molecule has 0 radical (unpaired) electrons. The van der Waals surface area contributed by atoms with Gasteiger partial charge in [0.05, 0.1) is 11.4 Å². The van der Waals surface area contributed by atoms with E-state index >= 15 is 0 Å². The summed E-state index contributed by atoms with van der Waals surface area (Å²) in [5.74, 6) is 0.510. The van der Waals surface area contributed by atoms with E-state index in [1.165, 1.54) is 19.3 Å². The van der Waals surface area contributed by atoms with Crippen LogP contribution in [0.15, 0.2) is 12.1 Å². The zero-order valence-corrected chi connectivity index (χ0v) is 12.6. The van der Waals surface area contributed by atoms with Crippen LogP contribution < -0.4 is 10.6 Å². The van der Waals surface area contributed by atoms with Gasteiger partial charge in [0.15, 0.2) is 0 Å². The summed E-state index contributed by atoms with van der Waals surface area (Å²) >= 11 is 0. The van der Waals surface area contributed by atoms with E-state index in [1.807, 2.05) is 33.8 Å². The Morgan fingerprint density at radius 3 is 2.55 bits per heavy atom. The van der Waals surface area contributed by atoms with Gasteiger partial charge >= 0.3 is 6.09 Å². The fraction of sp³-hybridized carbons (Fsp3) is 0.600. The number of aryl methyl sites for hydroxylation is 1. The van der Waals surface area contributed by atoms with E-state index in [9.17, 15) is 4.79 Å². The molecule has 0 spiro atoms. The summed E-state index contributed by atoms with van der Waals surface area (Å²) in [5, 5.41) is 6.11. The Balaban J connectivity index is 1.96. The number of aromatic nitrogens is 1. The molecule has 0 aromatic carbocycles. The molecule has 20 heavy (non-hydrogen) atoms. The van der Waals surface area contributed by atoms with Gasteiger partial charge in [-0.25, -0.2) is 9.78 Å². The quantitative estimate of drug-likeness (QED) is 0.884. The molecule has 0 bridgehead atoms. The molecule has 5 nitrogen and oxygen atoms in total. The third kappa shape index (κ3) is 4.11. The molecule has 1 aliphatic rings. The molecule has 0 saturated heterocycles. The lowest BCUT2D eigenvalue weighted by molar-refractivity contribution is 0.0635. The molecule has 2 N–H and O–H groups in total. The number of nitrogens with one attached hydrogen (secondary N) is 2. The second-order valence-corrected chi connectivity index (χ2v) is 6.23. The van der Waals surface area contributed by atoms with Crippen LogP contribution >= 0.6 is 0 Å². The van der Waals surface area contributed by atoms with E-state index in [1.54, 1.807) is 6.07 Å². The molecule has 2 rings (SSSR count). The minimum absolute atomic E-state index is 0.482. The molecule has 1 amide bonds. The van der Waals surface area contributed by atoms with Gasteiger partial charge in [0.1, 0.15) is 11.4 Å². The molecule has 1 heterocycles. The average Bonchev–Trinajstić information content (AvgIpc) is 2.22. The number of anilines is 2. The van der Waals surface area contributed by atoms with Crippen LogP contribution in [0.2, 0.25) is 0 Å². The monoisotopic (exact) mass is 277 g/mol. The molecule has 0 unspecified atom stereocenters. The number of ether oxygens (including phenoxy) is 1. The van der Waals surface area contributed by atoms with Gasteiger partial charge in [0.25, 0.3) is 0 Å². The predicted octanol–water partition coefficient (Wildman–Crippen LogP) is 3.70. The van der Waals surface area contributed by atoms with Gasteiger partial charge in [0.2, 0.25) is 0 Å². The zero-order valence-electron chi connectivity index (χ0n) is 12.6. The van der Waals surface area contributed by atoms with E-state index in [4.69, 9.17) is 4.74 Å². The lowest BCUT2D eigenvalue weighted by Gasteiger charge is -2.28. The molecule has 110 valence electrons. The lowest BCUT2D eigenvalue weighted by atomic mass is 9.93. The van der Waals surface area contributed by atoms with Crippen LogP contribution in [0.5, 0.6) is 0 Å². The van der Waals surface area contributed by atoms with Gasteiger partial charge in [0, 0.05) is 6.04 Å². The summed E-state index contributed by atoms with van der Waals surface area (Å²) in [6.45, 7) is 7.42. The molecule has 1 saturated carbocycles. The molecular formula is C15H23N3O2. The maximum Gasteiger partial charge on any atom is 0.413 e. The number of hydrogen-bond donors (Lipinski definition) is 2. The summed E-state index contributed by atoms with van der Waals surface area (Å²) in [6.07, 6.45) is 3.25. The van der Waals surface area contributed by atoms with Crippen molar-refractivity contribution >= 4 is 17.6 Å². The number of hydrogen-bond acceptors (Lipinski definition) is 4. The van der Waals surface area contributed by atoms with Crippen LogP contribution in [0.4, 0.5) is 16.3 Å². The van der Waals surface area contributed by atoms with E-state index in [-0.39, 0.29) is 0 Å². The van der Waals surface area contributed by atoms with Crippen molar-refractivity contribution in [3.8, 4) is 0 Å². The SMILES string of the molecule is Cc1nc(NC(=O)OC(C)(C)C)ccc1NC1CCC1. The Morgan fingerprint density at radius 2 is 2.05 bits per heavy atom. The first kappa shape index (κ1) is 14.6. The third-order valence-corrected chi connectivity index (χ3v) is 3.18. The molecule has 1 fully saturated rings. The summed E-state index contributed by atoms with van der Waals surface area (Å²) in [5.41, 5.74) is 1.40. The van der Waals surface area contributed by atoms with Crippen molar-refractivity contribution < 1.29 is 9.53 Å². The minimum atomic E-state index is -0.509. The van der Waals surface area contributed by atoms with E-state index in [2.05, 4.69) is 15.6 Å². The number of carbonyl (C=O) groups is 1. The van der Waals surface area contributed by atoms with Crippen molar-refractivity contribution in [3.63, 3.8) is 0 Å². The van der Waals surface area contributed by atoms with Crippen molar-refractivity contribution in [1.82, 2.24) is 4.98 Å². The summed E-state index contributed by atoms with van der Waals surface area (Å²) in [6, 6.07) is 4.31. The number of pyridine rings is 1. The van der Waals surface area contributed by atoms with Crippen LogP contribution in [0.1, 0.15) is 45.7 Å². The summed E-state index contributed by atoms with van der Waals surface area (Å²) < 4.78 is 5.20. The van der Waals surface area contributed by atoms with E-state index < -0.39 is 11.7 Å². The topological polar surface area (TPSA) is 63.2 Å². The molecule has 1 aromatic heterocycles. The van der Waals surface area contributed by atoms with Gasteiger partial charge in [-0.05, 0) is 59.1 Å². The lowest BCUT2D eigenvalue weighted by Crippen LogP contribution is -2.28. The number of rotatable bonds is 3. The van der Waals surface area contributed by atoms with Gasteiger partial charge in [-0.15, -0.1) is 0 Å². The average molecular weight is 277 g/mol. The highest BCUT2D eigenvalue weighted by molar-refractivity contribution is 5.83. The van der Waals surface area contributed by atoms with Crippen LogP contribution in [0, 0.1) is 6.92 Å². The minimum Gasteiger partial charge on any atom is -0.444 e. The van der Waals surface area contributed by atoms with Crippen molar-refractivity contribution in [2.45, 2.75) is 58.6 Å². The number of nitrogens with zero attached hydrogens (tertiary/aromatic N) is 1. The molecule has 1 aliphatic carbocycles. The first-order valence-corrected chi connectivity index (χ1v) is 7.08. The second kappa shape index (κ2) is 5.69. The van der Waals surface area contributed by atoms with Crippen molar-refractivity contribution in [1.29, 1.82) is 0 Å². The smallest absolute Gasteiger partial charge is 0.413 e. The third-order valence-electron chi connectivity index (χ3n) is 3.18. The Kier molecular flexibility index (Phi) is 4.16. The van der Waals surface area contributed by atoms with Crippen LogP contribution in [-0.4, -0.2) is 22.7 Å². The summed E-state index contributed by atoms with van der Waals surface area (Å²) in [4.78, 5) is 16.0. The summed E-state index contributed by atoms with van der Waals surface area (Å²) in [7, 11) is 0. The van der Waals surface area contributed by atoms with Crippen LogP contribution in [-0.2, 0) is 4.74 Å². The first-order valence-electron chi connectivity index (χ1n) is 7.08. The van der Waals surface area contributed by atoms with Crippen LogP contribution in [0.3, 0.4) is 0 Å². The number of amides is 1. The fourth-order valence-corrected chi connectivity index (χ4v) is 1.96. The van der Waals surface area contributed by atoms with Crippen molar-refractivity contribution in [3.05, 3.63) is 17.8 Å². The van der Waals surface area contributed by atoms with Gasteiger partial charge in [-0.2, -0.15) is 0 Å². The molecule has 0 aliphatic heterocycles. The second-order valence-electron chi connectivity index (χ2n) is 6.23. The van der Waals surface area contributed by atoms with E-state index in [0.29, 0.717) is 11.9 Å². The predicted molar refractivity (Wildman–Crippen MR) is 80.1 cm³/mol. The van der Waals surface area contributed by atoms with Crippen LogP contribution in [0.25, 0.3) is 0 Å². The molecule has 1 aromatic rings. The van der Waals surface area contributed by atoms with Gasteiger partial charge < -0.3 is 10.1 Å². The van der Waals surface area contributed by atoms with E-state index in [0.717, 1.165) is 11.4 Å². The highest BCUT2D eigenvalue weighted by Gasteiger charge is 2.19. The Labute approximate surface area is 120 Å². The van der Waals surface area contributed by atoms with Gasteiger partial charge in [-0.1, -0.05) is 0 Å². The maximum absolute atomic E-state index is 11.7. The standard InChI is InChI=1S/C15H23N3O2/c1-10-12(17-11-6-5-7-11)8-9-13(16-10)18-14(19)20-15(2,3)4/h8-9,11,17H,5-7H2,1-4H3,(H,16,18,19). The molecular weight excluding hydrogens is 254 g/mol. The molecule has 0 atom stereocenters. The largest absolute Gasteiger partial charge is 0.444 e. The van der Waals surface area contributed by atoms with Crippen molar-refractivity contribution in [2.75, 3.05) is 10.6 Å². The normalized spacial score (nSPS) is 15.4. The van der Waals surface area contributed by atoms with Gasteiger partial charge in [-0.3, -0.25) is 5.32 Å². The zero-order chi connectivity index (χ0) is 14.8. The maximum atomic E-state index is 11.7. The Morgan fingerprint density at radius 1 is 1.35 bits per heavy atom.